The third kappa shape index (κ3) is 7.15. The minimum atomic E-state index is -0.853. The van der Waals surface area contributed by atoms with E-state index in [1.807, 2.05) is 78.0 Å². The third-order valence-electron chi connectivity index (χ3n) is 10.7. The number of carbonyl (C=O) groups excluding carboxylic acids is 3. The first-order valence-corrected chi connectivity index (χ1v) is 17.9. The van der Waals surface area contributed by atoms with Crippen molar-refractivity contribution in [3.05, 3.63) is 117 Å². The molecule has 0 N–H and O–H groups in total. The first-order valence-electron chi connectivity index (χ1n) is 17.9. The average molecular weight is 693 g/mol. The molecule has 0 bridgehead atoms. The van der Waals surface area contributed by atoms with Crippen LogP contribution in [0.15, 0.2) is 72.8 Å². The largest absolute Gasteiger partial charge is 0.462 e. The first kappa shape index (κ1) is 34.5. The van der Waals surface area contributed by atoms with E-state index in [-0.39, 0.29) is 25.2 Å². The van der Waals surface area contributed by atoms with Crippen molar-refractivity contribution in [3.63, 3.8) is 0 Å². The van der Waals surface area contributed by atoms with Gasteiger partial charge in [-0.2, -0.15) is 0 Å². The molecule has 0 spiro atoms. The lowest BCUT2D eigenvalue weighted by Gasteiger charge is -2.39. The van der Waals surface area contributed by atoms with Gasteiger partial charge >= 0.3 is 12.1 Å². The number of fused-ring (bicyclic) bond motifs is 2. The highest BCUT2D eigenvalue weighted by Crippen LogP contribution is 2.36. The summed E-state index contributed by atoms with van der Waals surface area (Å²) in [5, 5.41) is 0. The van der Waals surface area contributed by atoms with Crippen molar-refractivity contribution in [3.8, 4) is 11.3 Å². The molecule has 4 aromatic rings. The van der Waals surface area contributed by atoms with E-state index in [4.69, 9.17) is 9.47 Å². The Bertz CT molecular complexity index is 1940. The van der Waals surface area contributed by atoms with E-state index in [0.29, 0.717) is 69.7 Å². The predicted octanol–water partition coefficient (Wildman–Crippen LogP) is 6.48. The number of hydrogen-bond donors (Lipinski definition) is 0. The Kier molecular flexibility index (Phi) is 9.95. The van der Waals surface area contributed by atoms with Crippen molar-refractivity contribution in [2.45, 2.75) is 65.0 Å². The Morgan fingerprint density at radius 1 is 0.863 bits per heavy atom. The van der Waals surface area contributed by atoms with E-state index in [1.165, 1.54) is 5.56 Å². The van der Waals surface area contributed by atoms with Crippen LogP contribution >= 0.6 is 0 Å². The molecule has 51 heavy (non-hydrogen) atoms. The van der Waals surface area contributed by atoms with E-state index in [9.17, 15) is 14.0 Å². The van der Waals surface area contributed by atoms with Gasteiger partial charge in [-0.05, 0) is 79.1 Å². The van der Waals surface area contributed by atoms with Crippen LogP contribution in [0.4, 0.5) is 9.18 Å². The van der Waals surface area contributed by atoms with Gasteiger partial charge in [0.05, 0.1) is 12.2 Å². The molecule has 2 amide bonds. The maximum absolute atomic E-state index is 15.1. The van der Waals surface area contributed by atoms with Gasteiger partial charge in [-0.25, -0.2) is 14.0 Å². The van der Waals surface area contributed by atoms with Crippen LogP contribution in [-0.2, 0) is 49.1 Å². The molecule has 0 aliphatic carbocycles. The number of hydrogen-bond acceptors (Lipinski definition) is 6. The molecule has 3 aromatic carbocycles. The monoisotopic (exact) mass is 692 g/mol. The highest BCUT2D eigenvalue weighted by molar-refractivity contribution is 6.02. The summed E-state index contributed by atoms with van der Waals surface area (Å²) >= 11 is 0. The first-order chi connectivity index (χ1) is 24.7. The van der Waals surface area contributed by atoms with Crippen LogP contribution in [0.5, 0.6) is 0 Å². The molecular weight excluding hydrogens is 647 g/mol. The topological polar surface area (TPSA) is 84.3 Å². The van der Waals surface area contributed by atoms with Gasteiger partial charge in [-0.1, -0.05) is 54.6 Å². The van der Waals surface area contributed by atoms with Crippen LogP contribution in [0.2, 0.25) is 0 Å². The molecule has 3 aliphatic rings. The molecule has 1 fully saturated rings. The van der Waals surface area contributed by atoms with E-state index >= 15 is 4.79 Å². The van der Waals surface area contributed by atoms with Crippen LogP contribution in [-0.4, -0.2) is 82.2 Å². The fraction of sp³-hybridized carbons (Fsp3) is 0.390. The summed E-state index contributed by atoms with van der Waals surface area (Å²) in [5.41, 5.74) is 8.29. The van der Waals surface area contributed by atoms with Crippen molar-refractivity contribution in [2.24, 2.45) is 7.05 Å². The zero-order chi connectivity index (χ0) is 35.6. The molecule has 10 heteroatoms. The standard InChI is InChI=1S/C41H45FN4O5/c1-4-50-40(48)35-21-38(43(3)27(35)2)36-19-30-14-17-45(41(49)51-26-28-10-6-5-7-11-28)22-32(30)20-37(36)39(47)46-23-31-13-9-8-12-29(31)18-34(46)25-44-16-15-33(42)24-44/h5-13,19-21,33-34H,4,14-18,22-26H2,1-3H3/t33-,34+/m1/s1. The van der Waals surface area contributed by atoms with Gasteiger partial charge in [0.1, 0.15) is 12.8 Å². The summed E-state index contributed by atoms with van der Waals surface area (Å²) in [6, 6.07) is 23.4. The lowest BCUT2D eigenvalue weighted by molar-refractivity contribution is 0.0524. The summed E-state index contributed by atoms with van der Waals surface area (Å²) in [4.78, 5) is 47.0. The number of alkyl halides is 1. The van der Waals surface area contributed by atoms with Gasteiger partial charge in [-0.3, -0.25) is 9.69 Å². The Hall–Kier alpha value is -4.96. The molecule has 4 heterocycles. The molecule has 2 atom stereocenters. The SMILES string of the molecule is CCOC(=O)c1cc(-c2cc3c(cc2C(=O)N2Cc4ccccc4C[C@H]2CN2CC[C@@H](F)C2)CN(C(=O)OCc2ccccc2)CC3)n(C)c1C. The van der Waals surface area contributed by atoms with Gasteiger partial charge in [0.25, 0.3) is 5.91 Å². The number of rotatable bonds is 8. The fourth-order valence-electron chi connectivity index (χ4n) is 7.73. The second-order valence-corrected chi connectivity index (χ2v) is 13.9. The molecule has 1 aromatic heterocycles. The summed E-state index contributed by atoms with van der Waals surface area (Å²) in [6.45, 7) is 6.93. The zero-order valence-electron chi connectivity index (χ0n) is 29.6. The average Bonchev–Trinajstić information content (AvgIpc) is 3.70. The lowest BCUT2D eigenvalue weighted by Crippen LogP contribution is -2.50. The number of halogens is 1. The summed E-state index contributed by atoms with van der Waals surface area (Å²) in [6.07, 6.45) is 0.514. The van der Waals surface area contributed by atoms with Crippen molar-refractivity contribution in [2.75, 3.05) is 32.8 Å². The predicted molar refractivity (Wildman–Crippen MR) is 192 cm³/mol. The normalized spacial score (nSPS) is 18.7. The summed E-state index contributed by atoms with van der Waals surface area (Å²) in [5.74, 6) is -0.541. The number of aromatic nitrogens is 1. The number of benzene rings is 3. The minimum absolute atomic E-state index is 0.136. The van der Waals surface area contributed by atoms with Crippen LogP contribution < -0.4 is 0 Å². The number of amides is 2. The Morgan fingerprint density at radius 2 is 1.63 bits per heavy atom. The maximum Gasteiger partial charge on any atom is 0.410 e. The fourth-order valence-corrected chi connectivity index (χ4v) is 7.73. The number of esters is 1. The van der Waals surface area contributed by atoms with Crippen LogP contribution in [0.1, 0.15) is 67.6 Å². The highest BCUT2D eigenvalue weighted by Gasteiger charge is 2.36. The molecule has 266 valence electrons. The second kappa shape index (κ2) is 14.7. The van der Waals surface area contributed by atoms with Crippen LogP contribution in [0.25, 0.3) is 11.3 Å². The number of carbonyl (C=O) groups is 3. The van der Waals surface area contributed by atoms with E-state index in [0.717, 1.165) is 39.2 Å². The van der Waals surface area contributed by atoms with Gasteiger partial charge in [0.2, 0.25) is 0 Å². The number of nitrogens with zero attached hydrogens (tertiary/aromatic N) is 4. The molecule has 1 saturated heterocycles. The summed E-state index contributed by atoms with van der Waals surface area (Å²) < 4.78 is 27.3. The second-order valence-electron chi connectivity index (χ2n) is 13.9. The van der Waals surface area contributed by atoms with Crippen molar-refractivity contribution < 1.29 is 28.2 Å². The van der Waals surface area contributed by atoms with E-state index < -0.39 is 18.2 Å². The maximum atomic E-state index is 15.1. The highest BCUT2D eigenvalue weighted by atomic mass is 19.1. The Morgan fingerprint density at radius 3 is 2.37 bits per heavy atom. The van der Waals surface area contributed by atoms with Gasteiger partial charge < -0.3 is 23.8 Å². The van der Waals surface area contributed by atoms with Crippen LogP contribution in [0.3, 0.4) is 0 Å². The zero-order valence-corrected chi connectivity index (χ0v) is 29.6. The van der Waals surface area contributed by atoms with E-state index in [2.05, 4.69) is 23.1 Å². The lowest BCUT2D eigenvalue weighted by atomic mass is 9.89. The third-order valence-corrected chi connectivity index (χ3v) is 10.7. The quantitative estimate of drug-likeness (QED) is 0.197. The molecule has 9 nitrogen and oxygen atoms in total. The Balaban J connectivity index is 1.26. The number of ether oxygens (including phenoxy) is 2. The minimum Gasteiger partial charge on any atom is -0.462 e. The molecule has 0 unspecified atom stereocenters. The van der Waals surface area contributed by atoms with Crippen molar-refractivity contribution in [1.29, 1.82) is 0 Å². The van der Waals surface area contributed by atoms with E-state index in [1.54, 1.807) is 11.8 Å². The van der Waals surface area contributed by atoms with Crippen LogP contribution in [0, 0.1) is 6.92 Å². The smallest absolute Gasteiger partial charge is 0.410 e. The molecule has 3 aliphatic heterocycles. The Labute approximate surface area is 298 Å². The molecule has 0 saturated carbocycles. The van der Waals surface area contributed by atoms with Gasteiger partial charge in [0.15, 0.2) is 0 Å². The molecular formula is C41H45FN4O5. The molecule has 7 rings (SSSR count). The number of likely N-dealkylation sites (tertiary alicyclic amines) is 1. The van der Waals surface area contributed by atoms with Crippen molar-refractivity contribution in [1.82, 2.24) is 19.3 Å². The molecule has 0 radical (unpaired) electrons. The van der Waals surface area contributed by atoms with Gasteiger partial charge in [0, 0.05) is 74.9 Å². The van der Waals surface area contributed by atoms with Gasteiger partial charge in [-0.15, -0.1) is 0 Å². The van der Waals surface area contributed by atoms with Crippen molar-refractivity contribution >= 4 is 18.0 Å². The summed E-state index contributed by atoms with van der Waals surface area (Å²) in [7, 11) is 1.90.